The summed E-state index contributed by atoms with van der Waals surface area (Å²) in [6.45, 7) is 0. The molecular formula is C8H8N5O2S+. The molecule has 0 aliphatic heterocycles. The van der Waals surface area contributed by atoms with E-state index in [9.17, 15) is 4.91 Å². The molecule has 0 radical (unpaired) electrons. The lowest BCUT2D eigenvalue weighted by molar-refractivity contribution is -0.822. The number of benzene rings is 1. The van der Waals surface area contributed by atoms with E-state index < -0.39 is 5.03 Å². The van der Waals surface area contributed by atoms with Crippen LogP contribution in [0.15, 0.2) is 29.3 Å². The highest BCUT2D eigenvalue weighted by molar-refractivity contribution is 7.22. The van der Waals surface area contributed by atoms with E-state index in [-0.39, 0.29) is 5.96 Å². The molecule has 1 aromatic heterocycles. The molecule has 2 aromatic rings. The summed E-state index contributed by atoms with van der Waals surface area (Å²) in [6.07, 6.45) is 0. The second kappa shape index (κ2) is 4.11. The Bertz CT molecular complexity index is 531. The van der Waals surface area contributed by atoms with Gasteiger partial charge in [-0.2, -0.15) is 4.99 Å². The van der Waals surface area contributed by atoms with E-state index in [0.29, 0.717) is 5.13 Å². The van der Waals surface area contributed by atoms with Crippen LogP contribution in [0, 0.1) is 4.91 Å². The molecule has 0 unspecified atom stereocenters. The maximum absolute atomic E-state index is 10.2. The number of hydrogen-bond acceptors (Lipinski definition) is 4. The van der Waals surface area contributed by atoms with Gasteiger partial charge in [0, 0.05) is 0 Å². The zero-order valence-electron chi connectivity index (χ0n) is 7.99. The lowest BCUT2D eigenvalue weighted by Gasteiger charge is -1.88. The van der Waals surface area contributed by atoms with Crippen molar-refractivity contribution in [2.75, 3.05) is 0 Å². The smallest absolute Gasteiger partial charge is 0.362 e. The Labute approximate surface area is 93.7 Å². The van der Waals surface area contributed by atoms with Crippen LogP contribution in [0.4, 0.5) is 5.13 Å². The standard InChI is InChI=1S/C8H8N5O2S/c9-7(12-13(14)15)11-8-10-5-3-1-2-4-6(5)16-8/h1-4H,(H,14,15)(H3,9,10,11,12)/q+1. The van der Waals surface area contributed by atoms with Gasteiger partial charge in [-0.05, 0) is 17.6 Å². The lowest BCUT2D eigenvalue weighted by atomic mass is 10.3. The largest absolute Gasteiger partial charge is 0.365 e. The first kappa shape index (κ1) is 10.3. The average molecular weight is 238 g/mol. The van der Waals surface area contributed by atoms with Crippen molar-refractivity contribution >= 4 is 32.6 Å². The Kier molecular flexibility index (Phi) is 2.64. The lowest BCUT2D eigenvalue weighted by Crippen LogP contribution is -2.36. The van der Waals surface area contributed by atoms with E-state index in [1.54, 1.807) is 0 Å². The number of nitrogens with two attached hydrogens (primary N) is 1. The summed E-state index contributed by atoms with van der Waals surface area (Å²) in [5, 5.41) is 8.22. The first-order chi connectivity index (χ1) is 7.65. The fourth-order valence-corrected chi connectivity index (χ4v) is 1.98. The van der Waals surface area contributed by atoms with Gasteiger partial charge in [0.2, 0.25) is 5.13 Å². The van der Waals surface area contributed by atoms with Gasteiger partial charge in [-0.1, -0.05) is 23.5 Å². The van der Waals surface area contributed by atoms with Gasteiger partial charge in [0.1, 0.15) is 4.91 Å². The number of nitrogens with zero attached hydrogens (tertiary/aromatic N) is 3. The Morgan fingerprint density at radius 1 is 1.56 bits per heavy atom. The molecule has 0 aliphatic rings. The van der Waals surface area contributed by atoms with Gasteiger partial charge in [0.05, 0.1) is 10.2 Å². The minimum absolute atomic E-state index is 0.225. The highest BCUT2D eigenvalue weighted by atomic mass is 32.1. The Balaban J connectivity index is 2.30. The fourth-order valence-electron chi connectivity index (χ4n) is 1.13. The summed E-state index contributed by atoms with van der Waals surface area (Å²) < 4.78 is 0.969. The van der Waals surface area contributed by atoms with Gasteiger partial charge in [-0.25, -0.2) is 10.2 Å². The normalized spacial score (nSPS) is 11.6. The molecule has 0 amide bonds. The van der Waals surface area contributed by atoms with E-state index in [0.717, 1.165) is 10.2 Å². The number of hydrogen-bond donors (Lipinski definition) is 3. The van der Waals surface area contributed by atoms with E-state index in [2.05, 4.69) is 9.98 Å². The molecule has 16 heavy (non-hydrogen) atoms. The van der Waals surface area contributed by atoms with E-state index in [4.69, 9.17) is 10.9 Å². The second-order valence-corrected chi connectivity index (χ2v) is 3.86. The van der Waals surface area contributed by atoms with Crippen LogP contribution in [-0.2, 0) is 0 Å². The van der Waals surface area contributed by atoms with Crippen molar-refractivity contribution in [2.24, 2.45) is 10.7 Å². The molecule has 0 fully saturated rings. The molecule has 0 spiro atoms. The van der Waals surface area contributed by atoms with Gasteiger partial charge >= 0.3 is 5.03 Å². The molecule has 0 atom stereocenters. The van der Waals surface area contributed by atoms with Crippen molar-refractivity contribution in [3.63, 3.8) is 0 Å². The first-order valence-electron chi connectivity index (χ1n) is 4.27. The molecule has 1 aromatic carbocycles. The summed E-state index contributed by atoms with van der Waals surface area (Å²) in [7, 11) is 0. The summed E-state index contributed by atoms with van der Waals surface area (Å²) in [5.41, 5.74) is 8.00. The van der Waals surface area contributed by atoms with Crippen molar-refractivity contribution < 1.29 is 10.2 Å². The number of aromatic nitrogens is 1. The molecule has 8 heteroatoms. The third kappa shape index (κ3) is 2.23. The second-order valence-electron chi connectivity index (χ2n) is 2.85. The molecule has 0 aliphatic carbocycles. The number of rotatable bonds is 2. The Morgan fingerprint density at radius 3 is 3.00 bits per heavy atom. The van der Waals surface area contributed by atoms with Crippen LogP contribution in [0.25, 0.3) is 10.2 Å². The highest BCUT2D eigenvalue weighted by Gasteiger charge is 2.07. The third-order valence-corrected chi connectivity index (χ3v) is 2.64. The summed E-state index contributed by atoms with van der Waals surface area (Å²) >= 11 is 1.33. The molecule has 0 saturated carbocycles. The maximum Gasteiger partial charge on any atom is 0.362 e. The van der Waals surface area contributed by atoms with E-state index in [1.165, 1.54) is 11.3 Å². The first-order valence-corrected chi connectivity index (χ1v) is 5.09. The van der Waals surface area contributed by atoms with Crippen LogP contribution in [0.5, 0.6) is 0 Å². The highest BCUT2D eigenvalue weighted by Crippen LogP contribution is 2.27. The molecule has 2 rings (SSSR count). The Hall–Kier alpha value is -2.22. The quantitative estimate of drug-likeness (QED) is 0.410. The molecule has 7 nitrogen and oxygen atoms in total. The SMILES string of the molecule is N/C(=N\c1nc2ccccc2s1)N[N+](=O)O. The number of fused-ring (bicyclic) bond motifs is 1. The fraction of sp³-hybridized carbons (Fsp3) is 0. The number of thiazole rings is 1. The number of para-hydroxylation sites is 1. The predicted octanol–water partition coefficient (Wildman–Crippen LogP) is 0.915. The Morgan fingerprint density at radius 2 is 2.31 bits per heavy atom. The summed E-state index contributed by atoms with van der Waals surface area (Å²) in [6, 6.07) is 7.51. The molecule has 0 bridgehead atoms. The third-order valence-electron chi connectivity index (χ3n) is 1.71. The zero-order valence-corrected chi connectivity index (χ0v) is 8.81. The number of hydrazine groups is 1. The van der Waals surface area contributed by atoms with Crippen LogP contribution in [0.2, 0.25) is 0 Å². The van der Waals surface area contributed by atoms with Crippen molar-refractivity contribution in [1.29, 1.82) is 0 Å². The topological polar surface area (TPSA) is 104 Å². The summed E-state index contributed by atoms with van der Waals surface area (Å²) in [4.78, 5) is 18.2. The molecule has 0 saturated heterocycles. The van der Waals surface area contributed by atoms with Crippen LogP contribution < -0.4 is 11.2 Å². The van der Waals surface area contributed by atoms with Crippen LogP contribution in [-0.4, -0.2) is 21.2 Å². The minimum atomic E-state index is -0.522. The van der Waals surface area contributed by atoms with Crippen molar-refractivity contribution in [3.05, 3.63) is 29.2 Å². The van der Waals surface area contributed by atoms with E-state index in [1.807, 2.05) is 29.7 Å². The van der Waals surface area contributed by atoms with Gasteiger partial charge < -0.3 is 5.73 Å². The maximum atomic E-state index is 10.2. The molecule has 1 heterocycles. The molecular weight excluding hydrogens is 230 g/mol. The molecule has 4 N–H and O–H groups in total. The number of guanidine groups is 1. The zero-order chi connectivity index (χ0) is 11.5. The van der Waals surface area contributed by atoms with Gasteiger partial charge in [-0.15, -0.1) is 0 Å². The number of aliphatic imine (C=N–C) groups is 1. The molecule has 82 valence electrons. The summed E-state index contributed by atoms with van der Waals surface area (Å²) in [5.74, 6) is -0.225. The van der Waals surface area contributed by atoms with Crippen LogP contribution in [0.3, 0.4) is 0 Å². The van der Waals surface area contributed by atoms with Crippen LogP contribution in [0.1, 0.15) is 0 Å². The van der Waals surface area contributed by atoms with Gasteiger partial charge in [-0.3, -0.25) is 0 Å². The minimum Gasteiger partial charge on any atom is -0.365 e. The monoisotopic (exact) mass is 238 g/mol. The van der Waals surface area contributed by atoms with Gasteiger partial charge in [0.15, 0.2) is 0 Å². The van der Waals surface area contributed by atoms with E-state index >= 15 is 0 Å². The predicted molar refractivity (Wildman–Crippen MR) is 59.5 cm³/mol. The average Bonchev–Trinajstić information content (AvgIpc) is 2.57. The van der Waals surface area contributed by atoms with Crippen molar-refractivity contribution in [2.45, 2.75) is 0 Å². The van der Waals surface area contributed by atoms with Crippen molar-refractivity contribution in [1.82, 2.24) is 10.4 Å². The van der Waals surface area contributed by atoms with Gasteiger partial charge in [0.25, 0.3) is 5.96 Å². The van der Waals surface area contributed by atoms with Crippen molar-refractivity contribution in [3.8, 4) is 0 Å². The van der Waals surface area contributed by atoms with Crippen LogP contribution >= 0.6 is 11.3 Å². The number of nitrogens with one attached hydrogen (secondary N) is 1.